The first-order valence-electron chi connectivity index (χ1n) is 5.51. The summed E-state index contributed by atoms with van der Waals surface area (Å²) in [6.45, 7) is 0. The van der Waals surface area contributed by atoms with Crippen molar-refractivity contribution in [3.05, 3.63) is 54.6 Å². The molecule has 86 valence electrons. The molecular weight excluding hydrogens is 224 g/mol. The Morgan fingerprint density at radius 3 is 2.89 bits per heavy atom. The first kappa shape index (κ1) is 10.4. The molecule has 0 aliphatic heterocycles. The predicted octanol–water partition coefficient (Wildman–Crippen LogP) is 2.48. The fourth-order valence-corrected chi connectivity index (χ4v) is 2.09. The molecule has 0 atom stereocenters. The molecule has 0 radical (unpaired) electrons. The average molecular weight is 234 g/mol. The Morgan fingerprint density at radius 1 is 1.17 bits per heavy atom. The van der Waals surface area contributed by atoms with Crippen molar-refractivity contribution >= 4 is 16.5 Å². The third kappa shape index (κ3) is 1.42. The summed E-state index contributed by atoms with van der Waals surface area (Å²) in [4.78, 5) is 4.13. The smallest absolute Gasteiger partial charge is 0.124 e. The van der Waals surface area contributed by atoms with Crippen LogP contribution in [0.3, 0.4) is 0 Å². The number of nitrogens with zero attached hydrogens (tertiary/aromatic N) is 3. The zero-order valence-corrected chi connectivity index (χ0v) is 9.54. The van der Waals surface area contributed by atoms with E-state index >= 15 is 0 Å². The molecule has 0 unspecified atom stereocenters. The highest BCUT2D eigenvalue weighted by Crippen LogP contribution is 2.27. The van der Waals surface area contributed by atoms with Crippen molar-refractivity contribution in [1.29, 1.82) is 5.26 Å². The monoisotopic (exact) mass is 234 g/mol. The summed E-state index contributed by atoms with van der Waals surface area (Å²) in [5, 5.41) is 11.0. The number of fused-ring (bicyclic) bond motifs is 1. The summed E-state index contributed by atoms with van der Waals surface area (Å²) in [5.74, 6) is 0. The maximum atomic E-state index is 9.08. The molecule has 0 aliphatic carbocycles. The molecule has 4 nitrogen and oxygen atoms in total. The van der Waals surface area contributed by atoms with E-state index in [1.165, 1.54) is 0 Å². The zero-order valence-electron chi connectivity index (χ0n) is 9.54. The van der Waals surface area contributed by atoms with Gasteiger partial charge in [0.1, 0.15) is 11.8 Å². The van der Waals surface area contributed by atoms with Gasteiger partial charge < -0.3 is 10.3 Å². The first-order valence-corrected chi connectivity index (χ1v) is 5.51. The number of benzene rings is 1. The van der Waals surface area contributed by atoms with Crippen molar-refractivity contribution < 1.29 is 0 Å². The summed E-state index contributed by atoms with van der Waals surface area (Å²) in [6, 6.07) is 11.4. The van der Waals surface area contributed by atoms with Crippen LogP contribution in [0.1, 0.15) is 5.69 Å². The van der Waals surface area contributed by atoms with Crippen LogP contribution < -0.4 is 5.73 Å². The highest BCUT2D eigenvalue weighted by atomic mass is 15.0. The van der Waals surface area contributed by atoms with E-state index in [0.29, 0.717) is 11.4 Å². The molecular formula is C14H10N4. The van der Waals surface area contributed by atoms with E-state index in [2.05, 4.69) is 11.1 Å². The fourth-order valence-electron chi connectivity index (χ4n) is 2.09. The fraction of sp³-hybridized carbons (Fsp3) is 0. The van der Waals surface area contributed by atoms with Crippen LogP contribution in [0.15, 0.2) is 48.9 Å². The van der Waals surface area contributed by atoms with Crippen LogP contribution in [0.5, 0.6) is 0 Å². The van der Waals surface area contributed by atoms with E-state index in [9.17, 15) is 0 Å². The van der Waals surface area contributed by atoms with Gasteiger partial charge in [-0.25, -0.2) is 0 Å². The standard InChI is InChI=1S/C14H10N4/c15-8-10-2-1-7-18(10)14-4-3-13(16)11-5-6-17-9-12(11)14/h1-7,9H,16H2. The van der Waals surface area contributed by atoms with Crippen LogP contribution >= 0.6 is 0 Å². The number of nitrogens with two attached hydrogens (primary N) is 1. The molecule has 0 amide bonds. The number of nitrogen functional groups attached to an aromatic ring is 1. The second kappa shape index (κ2) is 3.90. The normalized spacial score (nSPS) is 10.4. The maximum Gasteiger partial charge on any atom is 0.124 e. The largest absolute Gasteiger partial charge is 0.398 e. The molecule has 1 aromatic carbocycles. The highest BCUT2D eigenvalue weighted by molar-refractivity contribution is 5.97. The Hall–Kier alpha value is -2.80. The summed E-state index contributed by atoms with van der Waals surface area (Å²) in [6.07, 6.45) is 5.34. The van der Waals surface area contributed by atoms with Gasteiger partial charge in [-0.05, 0) is 30.3 Å². The van der Waals surface area contributed by atoms with Crippen molar-refractivity contribution in [2.24, 2.45) is 0 Å². The molecule has 0 spiro atoms. The van der Waals surface area contributed by atoms with Gasteiger partial charge in [0.15, 0.2) is 0 Å². The molecule has 0 fully saturated rings. The van der Waals surface area contributed by atoms with Gasteiger partial charge in [0.25, 0.3) is 0 Å². The number of aromatic nitrogens is 2. The number of rotatable bonds is 1. The topological polar surface area (TPSA) is 67.6 Å². The van der Waals surface area contributed by atoms with Crippen molar-refractivity contribution in [1.82, 2.24) is 9.55 Å². The van der Waals surface area contributed by atoms with E-state index < -0.39 is 0 Å². The van der Waals surface area contributed by atoms with E-state index in [1.807, 2.05) is 35.0 Å². The number of anilines is 1. The molecule has 18 heavy (non-hydrogen) atoms. The minimum Gasteiger partial charge on any atom is -0.398 e. The van der Waals surface area contributed by atoms with Crippen molar-refractivity contribution in [3.63, 3.8) is 0 Å². The van der Waals surface area contributed by atoms with Crippen LogP contribution in [-0.2, 0) is 0 Å². The second-order valence-corrected chi connectivity index (χ2v) is 3.97. The van der Waals surface area contributed by atoms with E-state index in [-0.39, 0.29) is 0 Å². The molecule has 2 heterocycles. The molecule has 4 heteroatoms. The lowest BCUT2D eigenvalue weighted by Crippen LogP contribution is -1.98. The lowest BCUT2D eigenvalue weighted by atomic mass is 10.1. The Kier molecular flexibility index (Phi) is 2.24. The molecule has 0 aliphatic rings. The molecule has 3 rings (SSSR count). The number of hydrogen-bond acceptors (Lipinski definition) is 3. The van der Waals surface area contributed by atoms with E-state index in [1.54, 1.807) is 18.5 Å². The lowest BCUT2D eigenvalue weighted by molar-refractivity contribution is 1.06. The summed E-state index contributed by atoms with van der Waals surface area (Å²) in [7, 11) is 0. The molecule has 3 aromatic rings. The summed E-state index contributed by atoms with van der Waals surface area (Å²) < 4.78 is 1.84. The Morgan fingerprint density at radius 2 is 2.06 bits per heavy atom. The first-order chi connectivity index (χ1) is 8.81. The van der Waals surface area contributed by atoms with Gasteiger partial charge in [-0.1, -0.05) is 0 Å². The van der Waals surface area contributed by atoms with Crippen molar-refractivity contribution in [3.8, 4) is 11.8 Å². The molecule has 2 aromatic heterocycles. The molecule has 0 saturated heterocycles. The number of nitriles is 1. The second-order valence-electron chi connectivity index (χ2n) is 3.97. The van der Waals surface area contributed by atoms with Crippen LogP contribution in [0.4, 0.5) is 5.69 Å². The van der Waals surface area contributed by atoms with Gasteiger partial charge in [0, 0.05) is 35.1 Å². The van der Waals surface area contributed by atoms with E-state index in [4.69, 9.17) is 11.0 Å². The maximum absolute atomic E-state index is 9.08. The quantitative estimate of drug-likeness (QED) is 0.658. The third-order valence-corrected chi connectivity index (χ3v) is 2.95. The van der Waals surface area contributed by atoms with Crippen LogP contribution in [0.25, 0.3) is 16.5 Å². The third-order valence-electron chi connectivity index (χ3n) is 2.95. The number of hydrogen-bond donors (Lipinski definition) is 1. The van der Waals surface area contributed by atoms with Gasteiger partial charge in [-0.3, -0.25) is 4.98 Å². The Labute approximate surface area is 104 Å². The van der Waals surface area contributed by atoms with Gasteiger partial charge in [0.05, 0.1) is 5.69 Å². The van der Waals surface area contributed by atoms with E-state index in [0.717, 1.165) is 16.5 Å². The average Bonchev–Trinajstić information content (AvgIpc) is 2.88. The number of pyridine rings is 1. The summed E-state index contributed by atoms with van der Waals surface area (Å²) in [5.41, 5.74) is 8.16. The lowest BCUT2D eigenvalue weighted by Gasteiger charge is -2.10. The minimum atomic E-state index is 0.588. The van der Waals surface area contributed by atoms with Crippen LogP contribution in [-0.4, -0.2) is 9.55 Å². The van der Waals surface area contributed by atoms with Gasteiger partial charge in [0.2, 0.25) is 0 Å². The summed E-state index contributed by atoms with van der Waals surface area (Å²) >= 11 is 0. The molecule has 2 N–H and O–H groups in total. The SMILES string of the molecule is N#Cc1cccn1-c1ccc(N)c2ccncc12. The van der Waals surface area contributed by atoms with Gasteiger partial charge in [-0.2, -0.15) is 5.26 Å². The van der Waals surface area contributed by atoms with Crippen LogP contribution in [0.2, 0.25) is 0 Å². The van der Waals surface area contributed by atoms with Gasteiger partial charge in [-0.15, -0.1) is 0 Å². The van der Waals surface area contributed by atoms with Crippen molar-refractivity contribution in [2.75, 3.05) is 5.73 Å². The Bertz CT molecular complexity index is 765. The molecule has 0 saturated carbocycles. The van der Waals surface area contributed by atoms with Gasteiger partial charge >= 0.3 is 0 Å². The minimum absolute atomic E-state index is 0.588. The van der Waals surface area contributed by atoms with Crippen LogP contribution in [0, 0.1) is 11.3 Å². The predicted molar refractivity (Wildman–Crippen MR) is 70.2 cm³/mol. The Balaban J connectivity index is 2.38. The highest BCUT2D eigenvalue weighted by Gasteiger charge is 2.08. The van der Waals surface area contributed by atoms with Crippen molar-refractivity contribution in [2.45, 2.75) is 0 Å². The molecule has 0 bridgehead atoms. The zero-order chi connectivity index (χ0) is 12.5.